The molecule has 1 amide bonds. The lowest BCUT2D eigenvalue weighted by Crippen LogP contribution is -2.46. The number of piperidine rings is 1. The number of hydrogen-bond acceptors (Lipinski definition) is 3. The zero-order valence-electron chi connectivity index (χ0n) is 16.1. The van der Waals surface area contributed by atoms with E-state index in [1.807, 2.05) is 29.2 Å². The minimum atomic E-state index is -3.66. The standard InChI is InChI=1S/C22H23ClN2O3S/c1-2-17-7-9-18(10-8-17)25-16-13-22(21(25)26)11-14-24(15-12-22)29(27,28)20-6-4-3-5-19(20)23/h2-10H,1,11-16H2. The number of amides is 1. The molecule has 0 atom stereocenters. The van der Waals surface area contributed by atoms with Gasteiger partial charge in [-0.3, -0.25) is 4.79 Å². The number of anilines is 1. The lowest BCUT2D eigenvalue weighted by atomic mass is 9.77. The van der Waals surface area contributed by atoms with Crippen molar-refractivity contribution in [3.63, 3.8) is 0 Å². The molecule has 2 aromatic rings. The van der Waals surface area contributed by atoms with Gasteiger partial charge in [-0.15, -0.1) is 0 Å². The van der Waals surface area contributed by atoms with Crippen molar-refractivity contribution in [2.24, 2.45) is 5.41 Å². The Kier molecular flexibility index (Phi) is 5.27. The van der Waals surface area contributed by atoms with Gasteiger partial charge in [0.25, 0.3) is 0 Å². The highest BCUT2D eigenvalue weighted by molar-refractivity contribution is 7.89. The number of carbonyl (C=O) groups excluding carboxylic acids is 1. The number of carbonyl (C=O) groups is 1. The van der Waals surface area contributed by atoms with Crippen molar-refractivity contribution < 1.29 is 13.2 Å². The van der Waals surface area contributed by atoms with E-state index in [0.29, 0.717) is 32.5 Å². The average Bonchev–Trinajstić information content (AvgIpc) is 3.04. The molecule has 0 bridgehead atoms. The van der Waals surface area contributed by atoms with Crippen molar-refractivity contribution in [2.45, 2.75) is 24.2 Å². The molecule has 5 nitrogen and oxygen atoms in total. The summed E-state index contributed by atoms with van der Waals surface area (Å²) in [5.41, 5.74) is 1.40. The van der Waals surface area contributed by atoms with Gasteiger partial charge in [0.2, 0.25) is 15.9 Å². The maximum Gasteiger partial charge on any atom is 0.244 e. The first-order chi connectivity index (χ1) is 13.9. The fourth-order valence-corrected chi connectivity index (χ4v) is 6.20. The third kappa shape index (κ3) is 3.50. The van der Waals surface area contributed by atoms with Gasteiger partial charge < -0.3 is 4.90 Å². The summed E-state index contributed by atoms with van der Waals surface area (Å²) in [6, 6.07) is 14.2. The second kappa shape index (κ2) is 7.59. The molecular formula is C22H23ClN2O3S. The van der Waals surface area contributed by atoms with E-state index in [2.05, 4.69) is 6.58 Å². The van der Waals surface area contributed by atoms with Gasteiger partial charge in [0.05, 0.1) is 10.4 Å². The molecule has 2 aliphatic heterocycles. The first kappa shape index (κ1) is 20.1. The first-order valence-electron chi connectivity index (χ1n) is 9.67. The lowest BCUT2D eigenvalue weighted by molar-refractivity contribution is -0.127. The van der Waals surface area contributed by atoms with Gasteiger partial charge in [-0.1, -0.05) is 48.5 Å². The molecule has 2 heterocycles. The van der Waals surface area contributed by atoms with Gasteiger partial charge in [0, 0.05) is 25.3 Å². The van der Waals surface area contributed by atoms with Gasteiger partial charge in [-0.25, -0.2) is 8.42 Å². The molecule has 0 saturated carbocycles. The number of rotatable bonds is 4. The number of hydrogen-bond donors (Lipinski definition) is 0. The van der Waals surface area contributed by atoms with E-state index in [9.17, 15) is 13.2 Å². The van der Waals surface area contributed by atoms with Crippen LogP contribution < -0.4 is 4.90 Å². The van der Waals surface area contributed by atoms with Crippen LogP contribution in [0.3, 0.4) is 0 Å². The van der Waals surface area contributed by atoms with Gasteiger partial charge in [-0.05, 0) is 49.1 Å². The SMILES string of the molecule is C=Cc1ccc(N2CCC3(CCN(S(=O)(=O)c4ccccc4Cl)CC3)C2=O)cc1. The summed E-state index contributed by atoms with van der Waals surface area (Å²) >= 11 is 6.11. The Morgan fingerprint density at radius 3 is 2.21 bits per heavy atom. The van der Waals surface area contributed by atoms with E-state index >= 15 is 0 Å². The maximum absolute atomic E-state index is 13.2. The van der Waals surface area contributed by atoms with Crippen LogP contribution in [0.5, 0.6) is 0 Å². The minimum Gasteiger partial charge on any atom is -0.312 e. The average molecular weight is 431 g/mol. The van der Waals surface area contributed by atoms with Crippen LogP contribution in [0.4, 0.5) is 5.69 Å². The molecule has 2 saturated heterocycles. The fraction of sp³-hybridized carbons (Fsp3) is 0.318. The monoisotopic (exact) mass is 430 g/mol. The molecule has 152 valence electrons. The molecular weight excluding hydrogens is 408 g/mol. The largest absolute Gasteiger partial charge is 0.312 e. The smallest absolute Gasteiger partial charge is 0.244 e. The molecule has 2 fully saturated rings. The van der Waals surface area contributed by atoms with E-state index in [0.717, 1.165) is 17.7 Å². The highest BCUT2D eigenvalue weighted by Gasteiger charge is 2.49. The van der Waals surface area contributed by atoms with Gasteiger partial charge in [0.15, 0.2) is 0 Å². The molecule has 0 radical (unpaired) electrons. The molecule has 29 heavy (non-hydrogen) atoms. The Morgan fingerprint density at radius 2 is 1.59 bits per heavy atom. The molecule has 2 aliphatic rings. The van der Waals surface area contributed by atoms with Crippen LogP contribution in [0, 0.1) is 5.41 Å². The predicted molar refractivity (Wildman–Crippen MR) is 115 cm³/mol. The summed E-state index contributed by atoms with van der Waals surface area (Å²) in [6.07, 6.45) is 3.56. The number of halogens is 1. The Hall–Kier alpha value is -2.15. The molecule has 0 unspecified atom stereocenters. The van der Waals surface area contributed by atoms with E-state index < -0.39 is 15.4 Å². The molecule has 0 aromatic heterocycles. The Labute approximate surface area is 176 Å². The van der Waals surface area contributed by atoms with E-state index in [1.165, 1.54) is 10.4 Å². The van der Waals surface area contributed by atoms with E-state index in [-0.39, 0.29) is 15.8 Å². The first-order valence-corrected chi connectivity index (χ1v) is 11.5. The predicted octanol–water partition coefficient (Wildman–Crippen LogP) is 4.19. The van der Waals surface area contributed by atoms with Crippen LogP contribution in [0.1, 0.15) is 24.8 Å². The van der Waals surface area contributed by atoms with Crippen molar-refractivity contribution in [1.82, 2.24) is 4.31 Å². The van der Waals surface area contributed by atoms with E-state index in [4.69, 9.17) is 11.6 Å². The van der Waals surface area contributed by atoms with Crippen LogP contribution in [0.15, 0.2) is 60.0 Å². The number of benzene rings is 2. The summed E-state index contributed by atoms with van der Waals surface area (Å²) < 4.78 is 27.4. The highest BCUT2D eigenvalue weighted by atomic mass is 35.5. The van der Waals surface area contributed by atoms with Crippen molar-refractivity contribution in [3.05, 3.63) is 65.7 Å². The zero-order valence-corrected chi connectivity index (χ0v) is 17.6. The van der Waals surface area contributed by atoms with Gasteiger partial charge in [0.1, 0.15) is 4.90 Å². The zero-order chi connectivity index (χ0) is 20.6. The van der Waals surface area contributed by atoms with Crippen LogP contribution in [-0.4, -0.2) is 38.3 Å². The van der Waals surface area contributed by atoms with Crippen molar-refractivity contribution in [2.75, 3.05) is 24.5 Å². The molecule has 0 N–H and O–H groups in total. The third-order valence-corrected chi connectivity index (χ3v) is 8.49. The summed E-state index contributed by atoms with van der Waals surface area (Å²) in [5, 5.41) is 0.221. The molecule has 4 rings (SSSR count). The molecule has 7 heteroatoms. The van der Waals surface area contributed by atoms with Crippen molar-refractivity contribution >= 4 is 39.3 Å². The summed E-state index contributed by atoms with van der Waals surface area (Å²) in [4.78, 5) is 15.2. The normalized spacial score (nSPS) is 19.6. The topological polar surface area (TPSA) is 57.7 Å². The van der Waals surface area contributed by atoms with Crippen LogP contribution in [0.2, 0.25) is 5.02 Å². The third-order valence-electron chi connectivity index (χ3n) is 6.09. The summed E-state index contributed by atoms with van der Waals surface area (Å²) in [5.74, 6) is 0.0960. The number of nitrogens with zero attached hydrogens (tertiary/aromatic N) is 2. The van der Waals surface area contributed by atoms with Crippen LogP contribution in [0.25, 0.3) is 6.08 Å². The maximum atomic E-state index is 13.2. The Balaban J connectivity index is 1.49. The minimum absolute atomic E-state index is 0.0960. The second-order valence-corrected chi connectivity index (χ2v) is 9.93. The van der Waals surface area contributed by atoms with Gasteiger partial charge in [-0.2, -0.15) is 4.31 Å². The van der Waals surface area contributed by atoms with Crippen LogP contribution in [-0.2, 0) is 14.8 Å². The molecule has 2 aromatic carbocycles. The Morgan fingerprint density at radius 1 is 0.966 bits per heavy atom. The van der Waals surface area contributed by atoms with Crippen LogP contribution >= 0.6 is 11.6 Å². The van der Waals surface area contributed by atoms with Gasteiger partial charge >= 0.3 is 0 Å². The molecule has 0 aliphatic carbocycles. The summed E-state index contributed by atoms with van der Waals surface area (Å²) in [6.45, 7) is 5.05. The second-order valence-electron chi connectivity index (χ2n) is 7.62. The summed E-state index contributed by atoms with van der Waals surface area (Å²) in [7, 11) is -3.66. The van der Waals surface area contributed by atoms with Crippen molar-refractivity contribution in [1.29, 1.82) is 0 Å². The number of sulfonamides is 1. The highest BCUT2D eigenvalue weighted by Crippen LogP contribution is 2.44. The lowest BCUT2D eigenvalue weighted by Gasteiger charge is -2.37. The fourth-order valence-electron chi connectivity index (χ4n) is 4.27. The quantitative estimate of drug-likeness (QED) is 0.730. The van der Waals surface area contributed by atoms with E-state index in [1.54, 1.807) is 24.3 Å². The van der Waals surface area contributed by atoms with Crippen molar-refractivity contribution in [3.8, 4) is 0 Å². The molecule has 1 spiro atoms. The Bertz CT molecular complexity index is 1040.